The lowest BCUT2D eigenvalue weighted by Gasteiger charge is -2.29. The van der Waals surface area contributed by atoms with Crippen LogP contribution in [0, 0.1) is 11.8 Å². The smallest absolute Gasteiger partial charge is 0.122 e. The van der Waals surface area contributed by atoms with Gasteiger partial charge in [0, 0.05) is 18.4 Å². The van der Waals surface area contributed by atoms with Gasteiger partial charge >= 0.3 is 0 Å². The summed E-state index contributed by atoms with van der Waals surface area (Å²) in [5, 5.41) is 3.48. The summed E-state index contributed by atoms with van der Waals surface area (Å²) in [4.78, 5) is 4.49. The monoisotopic (exact) mass is 263 g/mol. The molecule has 0 aromatic carbocycles. The molecule has 2 unspecified atom stereocenters. The molecule has 1 saturated carbocycles. The topological polar surface area (TPSA) is 50.9 Å². The summed E-state index contributed by atoms with van der Waals surface area (Å²) in [5.74, 6) is 1.60. The maximum Gasteiger partial charge on any atom is 0.122 e. The second-order valence-electron chi connectivity index (χ2n) is 5.20. The van der Waals surface area contributed by atoms with Crippen LogP contribution in [0.25, 0.3) is 0 Å². The fourth-order valence-electron chi connectivity index (χ4n) is 2.62. The maximum atomic E-state index is 5.58. The molecule has 2 rings (SSSR count). The SMILES string of the molecule is CC1CCCCC1CNc1ccnc(C(N)=S)c1. The van der Waals surface area contributed by atoms with Gasteiger partial charge in [0.1, 0.15) is 4.99 Å². The van der Waals surface area contributed by atoms with Gasteiger partial charge in [0.25, 0.3) is 0 Å². The van der Waals surface area contributed by atoms with Crippen LogP contribution in [0.4, 0.5) is 5.69 Å². The Morgan fingerprint density at radius 2 is 2.28 bits per heavy atom. The Morgan fingerprint density at radius 3 is 3.00 bits per heavy atom. The molecule has 98 valence electrons. The molecule has 3 nitrogen and oxygen atoms in total. The predicted octanol–water partition coefficient (Wildman–Crippen LogP) is 2.95. The summed E-state index contributed by atoms with van der Waals surface area (Å²) < 4.78 is 0. The third-order valence-corrected chi connectivity index (χ3v) is 4.08. The second kappa shape index (κ2) is 6.14. The highest BCUT2D eigenvalue weighted by Crippen LogP contribution is 2.29. The fourth-order valence-corrected chi connectivity index (χ4v) is 2.73. The molecule has 4 heteroatoms. The summed E-state index contributed by atoms with van der Waals surface area (Å²) in [7, 11) is 0. The molecular weight excluding hydrogens is 242 g/mol. The van der Waals surface area contributed by atoms with E-state index in [2.05, 4.69) is 17.2 Å². The molecule has 1 aliphatic rings. The molecule has 1 fully saturated rings. The maximum absolute atomic E-state index is 5.58. The van der Waals surface area contributed by atoms with E-state index >= 15 is 0 Å². The number of pyridine rings is 1. The van der Waals surface area contributed by atoms with Crippen LogP contribution in [0.15, 0.2) is 18.3 Å². The Morgan fingerprint density at radius 1 is 1.50 bits per heavy atom. The van der Waals surface area contributed by atoms with Crippen LogP contribution in [0.2, 0.25) is 0 Å². The van der Waals surface area contributed by atoms with Gasteiger partial charge in [-0.05, 0) is 30.4 Å². The first kappa shape index (κ1) is 13.3. The van der Waals surface area contributed by atoms with E-state index in [1.165, 1.54) is 25.7 Å². The van der Waals surface area contributed by atoms with Crippen LogP contribution in [-0.2, 0) is 0 Å². The summed E-state index contributed by atoms with van der Waals surface area (Å²) in [6.45, 7) is 3.39. The molecule has 0 aliphatic heterocycles. The molecule has 18 heavy (non-hydrogen) atoms. The molecule has 1 aromatic rings. The zero-order valence-electron chi connectivity index (χ0n) is 10.9. The van der Waals surface area contributed by atoms with Gasteiger partial charge in [-0.25, -0.2) is 0 Å². The average Bonchev–Trinajstić information content (AvgIpc) is 2.38. The van der Waals surface area contributed by atoms with Crippen molar-refractivity contribution in [2.45, 2.75) is 32.6 Å². The third-order valence-electron chi connectivity index (χ3n) is 3.87. The van der Waals surface area contributed by atoms with Crippen molar-refractivity contribution < 1.29 is 0 Å². The Bertz CT molecular complexity index is 419. The zero-order valence-corrected chi connectivity index (χ0v) is 11.7. The average molecular weight is 263 g/mol. The van der Waals surface area contributed by atoms with Crippen molar-refractivity contribution in [1.82, 2.24) is 4.98 Å². The van der Waals surface area contributed by atoms with Gasteiger partial charge in [0.2, 0.25) is 0 Å². The second-order valence-corrected chi connectivity index (χ2v) is 5.64. The van der Waals surface area contributed by atoms with Crippen molar-refractivity contribution in [2.75, 3.05) is 11.9 Å². The highest BCUT2D eigenvalue weighted by molar-refractivity contribution is 7.80. The summed E-state index contributed by atoms with van der Waals surface area (Å²) >= 11 is 4.94. The number of anilines is 1. The Labute approximate surface area is 114 Å². The number of nitrogens with one attached hydrogen (secondary N) is 1. The van der Waals surface area contributed by atoms with E-state index in [9.17, 15) is 0 Å². The van der Waals surface area contributed by atoms with Crippen LogP contribution in [-0.4, -0.2) is 16.5 Å². The molecule has 0 bridgehead atoms. The molecule has 0 saturated heterocycles. The Kier molecular flexibility index (Phi) is 4.53. The van der Waals surface area contributed by atoms with Crippen LogP contribution in [0.3, 0.4) is 0 Å². The van der Waals surface area contributed by atoms with Crippen molar-refractivity contribution in [3.05, 3.63) is 24.0 Å². The molecular formula is C14H21N3S. The van der Waals surface area contributed by atoms with Crippen molar-refractivity contribution >= 4 is 22.9 Å². The lowest BCUT2D eigenvalue weighted by Crippen LogP contribution is -2.24. The van der Waals surface area contributed by atoms with E-state index in [-0.39, 0.29) is 0 Å². The normalized spacial score (nSPS) is 23.6. The van der Waals surface area contributed by atoms with Crippen LogP contribution in [0.1, 0.15) is 38.3 Å². The van der Waals surface area contributed by atoms with Gasteiger partial charge in [-0.1, -0.05) is 38.4 Å². The minimum absolute atomic E-state index is 0.352. The minimum Gasteiger partial charge on any atom is -0.388 e. The van der Waals surface area contributed by atoms with E-state index in [1.807, 2.05) is 12.1 Å². The standard InChI is InChI=1S/C14H21N3S/c1-10-4-2-3-5-11(10)9-17-12-6-7-16-13(8-12)14(15)18/h6-8,10-11H,2-5,9H2,1H3,(H2,15,18)(H,16,17). The van der Waals surface area contributed by atoms with E-state index in [0.717, 1.165) is 24.1 Å². The van der Waals surface area contributed by atoms with Crippen molar-refractivity contribution in [3.8, 4) is 0 Å². The van der Waals surface area contributed by atoms with Gasteiger partial charge < -0.3 is 11.1 Å². The highest BCUT2D eigenvalue weighted by Gasteiger charge is 2.20. The number of hydrogen-bond acceptors (Lipinski definition) is 3. The highest BCUT2D eigenvalue weighted by atomic mass is 32.1. The quantitative estimate of drug-likeness (QED) is 0.820. The third kappa shape index (κ3) is 3.42. The lowest BCUT2D eigenvalue weighted by molar-refractivity contribution is 0.268. The van der Waals surface area contributed by atoms with E-state index in [4.69, 9.17) is 18.0 Å². The molecule has 2 atom stereocenters. The summed E-state index contributed by atoms with van der Waals surface area (Å²) in [5.41, 5.74) is 7.33. The van der Waals surface area contributed by atoms with Crippen molar-refractivity contribution in [2.24, 2.45) is 17.6 Å². The first-order valence-electron chi connectivity index (χ1n) is 6.66. The molecule has 0 radical (unpaired) electrons. The molecule has 0 spiro atoms. The van der Waals surface area contributed by atoms with E-state index in [1.54, 1.807) is 6.20 Å². The van der Waals surface area contributed by atoms with Crippen molar-refractivity contribution in [3.63, 3.8) is 0 Å². The number of thiocarbonyl (C=S) groups is 1. The predicted molar refractivity (Wildman–Crippen MR) is 79.7 cm³/mol. The molecule has 3 N–H and O–H groups in total. The first-order valence-corrected chi connectivity index (χ1v) is 7.07. The first-order chi connectivity index (χ1) is 8.66. The van der Waals surface area contributed by atoms with Gasteiger partial charge in [-0.3, -0.25) is 4.98 Å². The molecule has 1 aromatic heterocycles. The van der Waals surface area contributed by atoms with Gasteiger partial charge in [0.15, 0.2) is 0 Å². The summed E-state index contributed by atoms with van der Waals surface area (Å²) in [6, 6.07) is 3.89. The number of aromatic nitrogens is 1. The Balaban J connectivity index is 1.93. The number of nitrogens with zero attached hydrogens (tertiary/aromatic N) is 1. The van der Waals surface area contributed by atoms with E-state index in [0.29, 0.717) is 10.7 Å². The fraction of sp³-hybridized carbons (Fsp3) is 0.571. The number of nitrogens with two attached hydrogens (primary N) is 1. The van der Waals surface area contributed by atoms with Gasteiger partial charge in [-0.15, -0.1) is 0 Å². The van der Waals surface area contributed by atoms with Crippen LogP contribution < -0.4 is 11.1 Å². The van der Waals surface area contributed by atoms with Crippen LogP contribution >= 0.6 is 12.2 Å². The molecule has 1 aliphatic carbocycles. The molecule has 0 amide bonds. The van der Waals surface area contributed by atoms with Crippen LogP contribution in [0.5, 0.6) is 0 Å². The molecule has 1 heterocycles. The Hall–Kier alpha value is -1.16. The summed E-state index contributed by atoms with van der Waals surface area (Å²) in [6.07, 6.45) is 7.20. The van der Waals surface area contributed by atoms with Gasteiger partial charge in [-0.2, -0.15) is 0 Å². The van der Waals surface area contributed by atoms with Gasteiger partial charge in [0.05, 0.1) is 5.69 Å². The van der Waals surface area contributed by atoms with E-state index < -0.39 is 0 Å². The van der Waals surface area contributed by atoms with Crippen molar-refractivity contribution in [1.29, 1.82) is 0 Å². The number of rotatable bonds is 4. The lowest BCUT2D eigenvalue weighted by atomic mass is 9.80. The number of hydrogen-bond donors (Lipinski definition) is 2. The largest absolute Gasteiger partial charge is 0.388 e. The zero-order chi connectivity index (χ0) is 13.0. The minimum atomic E-state index is 0.352.